The molecule has 0 spiro atoms. The predicted molar refractivity (Wildman–Crippen MR) is 63.2 cm³/mol. The molecule has 1 aromatic rings. The quantitative estimate of drug-likeness (QED) is 0.717. The first-order valence-electron chi connectivity index (χ1n) is 6.17. The van der Waals surface area contributed by atoms with Gasteiger partial charge in [0.15, 0.2) is 0 Å². The fraction of sp³-hybridized carbons (Fsp3) is 0.500. The van der Waals surface area contributed by atoms with Crippen molar-refractivity contribution in [2.75, 3.05) is 6.54 Å². The summed E-state index contributed by atoms with van der Waals surface area (Å²) in [6.45, 7) is 1.16. The second kappa shape index (κ2) is 4.02. The Labute approximate surface area is 96.3 Å². The van der Waals surface area contributed by atoms with Gasteiger partial charge in [-0.2, -0.15) is 0 Å². The van der Waals surface area contributed by atoms with Gasteiger partial charge >= 0.3 is 0 Å². The van der Waals surface area contributed by atoms with Crippen LogP contribution in [0, 0.1) is 0 Å². The van der Waals surface area contributed by atoms with E-state index >= 15 is 0 Å². The molecule has 2 saturated heterocycles. The standard InChI is InChI=1S/C14H17NO/c16-13-9-12-7-4-8-15(12)14(10-13)11-5-2-1-3-6-11/h1-3,5-6,12,14H,4,7-10H2. The molecule has 2 atom stereocenters. The van der Waals surface area contributed by atoms with Crippen LogP contribution < -0.4 is 0 Å². The zero-order valence-electron chi connectivity index (χ0n) is 9.43. The Hall–Kier alpha value is -1.15. The summed E-state index contributed by atoms with van der Waals surface area (Å²) in [6, 6.07) is 11.3. The maximum Gasteiger partial charge on any atom is 0.136 e. The van der Waals surface area contributed by atoms with E-state index in [2.05, 4.69) is 29.2 Å². The highest BCUT2D eigenvalue weighted by Crippen LogP contribution is 2.37. The number of rotatable bonds is 1. The first-order chi connectivity index (χ1) is 7.84. The molecule has 2 unspecified atom stereocenters. The highest BCUT2D eigenvalue weighted by atomic mass is 16.1. The van der Waals surface area contributed by atoms with E-state index in [1.165, 1.54) is 18.4 Å². The van der Waals surface area contributed by atoms with Gasteiger partial charge in [-0.1, -0.05) is 30.3 Å². The Balaban J connectivity index is 1.90. The topological polar surface area (TPSA) is 20.3 Å². The van der Waals surface area contributed by atoms with E-state index in [1.807, 2.05) is 6.07 Å². The molecule has 0 N–H and O–H groups in total. The lowest BCUT2D eigenvalue weighted by molar-refractivity contribution is -0.124. The molecule has 3 rings (SSSR count). The minimum Gasteiger partial charge on any atom is -0.300 e. The number of hydrogen-bond donors (Lipinski definition) is 0. The Bertz CT molecular complexity index is 387. The number of carbonyl (C=O) groups excluding carboxylic acids is 1. The molecule has 1 aromatic carbocycles. The molecule has 0 saturated carbocycles. The van der Waals surface area contributed by atoms with Crippen molar-refractivity contribution in [2.24, 2.45) is 0 Å². The van der Waals surface area contributed by atoms with Gasteiger partial charge in [-0.15, -0.1) is 0 Å². The van der Waals surface area contributed by atoms with Gasteiger partial charge in [0.05, 0.1) is 0 Å². The second-order valence-corrected chi connectivity index (χ2v) is 4.91. The van der Waals surface area contributed by atoms with Gasteiger partial charge in [-0.25, -0.2) is 0 Å². The van der Waals surface area contributed by atoms with E-state index < -0.39 is 0 Å². The molecule has 2 aliphatic rings. The van der Waals surface area contributed by atoms with Gasteiger partial charge in [0.2, 0.25) is 0 Å². The van der Waals surface area contributed by atoms with Crippen molar-refractivity contribution >= 4 is 5.78 Å². The minimum atomic E-state index is 0.343. The summed E-state index contributed by atoms with van der Waals surface area (Å²) in [4.78, 5) is 14.3. The zero-order valence-corrected chi connectivity index (χ0v) is 9.43. The monoisotopic (exact) mass is 215 g/mol. The maximum atomic E-state index is 11.8. The SMILES string of the molecule is O=C1CC2CCCN2C(c2ccccc2)C1. The average Bonchev–Trinajstić information content (AvgIpc) is 2.77. The molecule has 0 aromatic heterocycles. The summed E-state index contributed by atoms with van der Waals surface area (Å²) in [5.41, 5.74) is 1.31. The number of piperidine rings is 1. The summed E-state index contributed by atoms with van der Waals surface area (Å²) < 4.78 is 0. The van der Waals surface area contributed by atoms with E-state index in [0.29, 0.717) is 24.3 Å². The summed E-state index contributed by atoms with van der Waals surface area (Å²) in [7, 11) is 0. The van der Waals surface area contributed by atoms with Gasteiger partial charge in [0, 0.05) is 24.9 Å². The third-order valence-corrected chi connectivity index (χ3v) is 3.89. The van der Waals surface area contributed by atoms with Crippen molar-refractivity contribution in [3.05, 3.63) is 35.9 Å². The van der Waals surface area contributed by atoms with Crippen LogP contribution in [0.3, 0.4) is 0 Å². The fourth-order valence-electron chi connectivity index (χ4n) is 3.15. The third kappa shape index (κ3) is 1.67. The van der Waals surface area contributed by atoms with Crippen LogP contribution >= 0.6 is 0 Å². The molecule has 2 nitrogen and oxygen atoms in total. The van der Waals surface area contributed by atoms with Gasteiger partial charge < -0.3 is 0 Å². The van der Waals surface area contributed by atoms with Crippen LogP contribution in [0.1, 0.15) is 37.3 Å². The molecule has 2 heteroatoms. The summed E-state index contributed by atoms with van der Waals surface area (Å²) in [5.74, 6) is 0.442. The van der Waals surface area contributed by atoms with Crippen LogP contribution in [0.2, 0.25) is 0 Å². The minimum absolute atomic E-state index is 0.343. The Morgan fingerprint density at radius 2 is 1.94 bits per heavy atom. The summed E-state index contributed by atoms with van der Waals surface area (Å²) >= 11 is 0. The van der Waals surface area contributed by atoms with Gasteiger partial charge in [-0.3, -0.25) is 9.69 Å². The second-order valence-electron chi connectivity index (χ2n) is 4.91. The van der Waals surface area contributed by atoms with Crippen molar-refractivity contribution in [1.82, 2.24) is 4.90 Å². The van der Waals surface area contributed by atoms with Crippen molar-refractivity contribution in [3.8, 4) is 0 Å². The lowest BCUT2D eigenvalue weighted by Gasteiger charge is -2.37. The van der Waals surface area contributed by atoms with E-state index in [0.717, 1.165) is 13.0 Å². The van der Waals surface area contributed by atoms with Gasteiger partial charge in [-0.05, 0) is 24.9 Å². The first kappa shape index (κ1) is 10.0. The molecular formula is C14H17NO. The van der Waals surface area contributed by atoms with Crippen LogP contribution in [0.15, 0.2) is 30.3 Å². The first-order valence-corrected chi connectivity index (χ1v) is 6.17. The molecular weight excluding hydrogens is 198 g/mol. The van der Waals surface area contributed by atoms with Gasteiger partial charge in [0.1, 0.15) is 5.78 Å². The lowest BCUT2D eigenvalue weighted by Crippen LogP contribution is -2.40. The predicted octanol–water partition coefficient (Wildman–Crippen LogP) is 2.56. The van der Waals surface area contributed by atoms with Crippen molar-refractivity contribution in [1.29, 1.82) is 0 Å². The van der Waals surface area contributed by atoms with Crippen LogP contribution in [0.4, 0.5) is 0 Å². The normalized spacial score (nSPS) is 30.4. The number of carbonyl (C=O) groups is 1. The van der Waals surface area contributed by atoms with Crippen molar-refractivity contribution < 1.29 is 4.79 Å². The highest BCUT2D eigenvalue weighted by Gasteiger charge is 2.37. The smallest absolute Gasteiger partial charge is 0.136 e. The van der Waals surface area contributed by atoms with Crippen LogP contribution in [0.25, 0.3) is 0 Å². The largest absolute Gasteiger partial charge is 0.300 e. The molecule has 0 amide bonds. The fourth-order valence-corrected chi connectivity index (χ4v) is 3.15. The number of fused-ring (bicyclic) bond motifs is 1. The summed E-state index contributed by atoms with van der Waals surface area (Å²) in [5, 5.41) is 0. The zero-order chi connectivity index (χ0) is 11.0. The Morgan fingerprint density at radius 3 is 2.75 bits per heavy atom. The molecule has 2 aliphatic heterocycles. The molecule has 0 radical (unpaired) electrons. The highest BCUT2D eigenvalue weighted by molar-refractivity contribution is 5.80. The van der Waals surface area contributed by atoms with Crippen molar-refractivity contribution in [3.63, 3.8) is 0 Å². The van der Waals surface area contributed by atoms with E-state index in [1.54, 1.807) is 0 Å². The van der Waals surface area contributed by atoms with E-state index in [-0.39, 0.29) is 0 Å². The summed E-state index contributed by atoms with van der Waals surface area (Å²) in [6.07, 6.45) is 3.94. The third-order valence-electron chi connectivity index (χ3n) is 3.89. The van der Waals surface area contributed by atoms with E-state index in [9.17, 15) is 4.79 Å². The lowest BCUT2D eigenvalue weighted by atomic mass is 9.91. The Kier molecular flexibility index (Phi) is 2.52. The molecule has 0 aliphatic carbocycles. The Morgan fingerprint density at radius 1 is 1.12 bits per heavy atom. The molecule has 16 heavy (non-hydrogen) atoms. The number of ketones is 1. The maximum absolute atomic E-state index is 11.8. The molecule has 2 fully saturated rings. The number of hydrogen-bond acceptors (Lipinski definition) is 2. The molecule has 84 valence electrons. The number of Topliss-reactive ketones (excluding diaryl/α,β-unsaturated/α-hetero) is 1. The molecule has 2 heterocycles. The van der Waals surface area contributed by atoms with Crippen LogP contribution in [-0.4, -0.2) is 23.3 Å². The number of benzene rings is 1. The van der Waals surface area contributed by atoms with Gasteiger partial charge in [0.25, 0.3) is 0 Å². The van der Waals surface area contributed by atoms with E-state index in [4.69, 9.17) is 0 Å². The molecule has 0 bridgehead atoms. The van der Waals surface area contributed by atoms with Crippen LogP contribution in [-0.2, 0) is 4.79 Å². The van der Waals surface area contributed by atoms with Crippen molar-refractivity contribution in [2.45, 2.75) is 37.8 Å². The van der Waals surface area contributed by atoms with Crippen LogP contribution in [0.5, 0.6) is 0 Å². The average molecular weight is 215 g/mol. The number of nitrogens with zero attached hydrogens (tertiary/aromatic N) is 1.